The lowest BCUT2D eigenvalue weighted by Gasteiger charge is -2.33. The van der Waals surface area contributed by atoms with Gasteiger partial charge in [-0.05, 0) is 61.2 Å². The summed E-state index contributed by atoms with van der Waals surface area (Å²) in [4.78, 5) is 34.2. The van der Waals surface area contributed by atoms with E-state index in [9.17, 15) is 9.59 Å². The lowest BCUT2D eigenvalue weighted by Crippen LogP contribution is -2.41. The van der Waals surface area contributed by atoms with Gasteiger partial charge in [0.1, 0.15) is 5.82 Å². The molecule has 1 unspecified atom stereocenters. The van der Waals surface area contributed by atoms with Crippen LogP contribution in [-0.2, 0) is 0 Å². The summed E-state index contributed by atoms with van der Waals surface area (Å²) in [7, 11) is 0. The zero-order valence-electron chi connectivity index (χ0n) is 20.8. The normalized spacial score (nSPS) is 12.0. The summed E-state index contributed by atoms with van der Waals surface area (Å²) in [6.45, 7) is 6.79. The average Bonchev–Trinajstić information content (AvgIpc) is 2.87. The fraction of sp³-hybridized carbons (Fsp3) is 0.276. The van der Waals surface area contributed by atoms with Crippen molar-refractivity contribution >= 4 is 34.2 Å². The van der Waals surface area contributed by atoms with Gasteiger partial charge in [-0.3, -0.25) is 9.36 Å². The summed E-state index contributed by atoms with van der Waals surface area (Å²) in [5.41, 5.74) is 1.74. The number of para-hydroxylation sites is 2. The van der Waals surface area contributed by atoms with Gasteiger partial charge in [-0.2, -0.15) is 0 Å². The second-order valence-corrected chi connectivity index (χ2v) is 9.64. The molecule has 0 fully saturated rings. The first-order chi connectivity index (χ1) is 17.4. The number of carbonyl (C=O) groups excluding carboxylic acids is 1. The first kappa shape index (κ1) is 25.5. The molecule has 0 aliphatic rings. The number of hydrogen-bond donors (Lipinski definition) is 1. The van der Waals surface area contributed by atoms with E-state index in [1.807, 2.05) is 67.6 Å². The van der Waals surface area contributed by atoms with Crippen molar-refractivity contribution in [3.63, 3.8) is 0 Å². The molecule has 1 N–H and O–H groups in total. The van der Waals surface area contributed by atoms with Crippen LogP contribution >= 0.6 is 11.6 Å². The molecule has 1 atom stereocenters. The number of anilines is 1. The molecular formula is C29H31ClN4O2. The Bertz CT molecular complexity index is 1400. The Hall–Kier alpha value is -3.64. The summed E-state index contributed by atoms with van der Waals surface area (Å²) >= 11 is 6.31. The lowest BCUT2D eigenvalue weighted by atomic mass is 10.1. The minimum absolute atomic E-state index is 0.191. The summed E-state index contributed by atoms with van der Waals surface area (Å²) in [6.07, 6.45) is 1.39. The number of urea groups is 1. The van der Waals surface area contributed by atoms with Crippen molar-refractivity contribution in [2.24, 2.45) is 5.92 Å². The van der Waals surface area contributed by atoms with E-state index >= 15 is 0 Å². The van der Waals surface area contributed by atoms with Crippen LogP contribution in [0.15, 0.2) is 83.7 Å². The third-order valence-electron chi connectivity index (χ3n) is 6.16. The summed E-state index contributed by atoms with van der Waals surface area (Å²) < 4.78 is 1.60. The van der Waals surface area contributed by atoms with Gasteiger partial charge in [0, 0.05) is 17.3 Å². The highest BCUT2D eigenvalue weighted by atomic mass is 35.5. The van der Waals surface area contributed by atoms with Crippen molar-refractivity contribution in [3.05, 3.63) is 100 Å². The number of fused-ring (bicyclic) bond motifs is 1. The van der Waals surface area contributed by atoms with Crippen molar-refractivity contribution < 1.29 is 4.79 Å². The summed E-state index contributed by atoms with van der Waals surface area (Å²) in [6, 6.07) is 23.2. The van der Waals surface area contributed by atoms with Gasteiger partial charge in [0.2, 0.25) is 0 Å². The fourth-order valence-electron chi connectivity index (χ4n) is 4.29. The molecule has 0 spiro atoms. The van der Waals surface area contributed by atoms with Crippen LogP contribution in [-0.4, -0.2) is 27.0 Å². The molecule has 4 rings (SSSR count). The zero-order valence-corrected chi connectivity index (χ0v) is 21.6. The second kappa shape index (κ2) is 11.4. The molecule has 0 bridgehead atoms. The first-order valence-electron chi connectivity index (χ1n) is 12.3. The molecule has 1 aromatic heterocycles. The van der Waals surface area contributed by atoms with Crippen LogP contribution in [0.3, 0.4) is 0 Å². The number of rotatable bonds is 8. The molecular weight excluding hydrogens is 472 g/mol. The van der Waals surface area contributed by atoms with Crippen molar-refractivity contribution in [1.82, 2.24) is 14.5 Å². The predicted molar refractivity (Wildman–Crippen MR) is 147 cm³/mol. The topological polar surface area (TPSA) is 67.2 Å². The number of halogens is 1. The molecule has 3 aromatic carbocycles. The van der Waals surface area contributed by atoms with Crippen LogP contribution in [0.5, 0.6) is 0 Å². The molecule has 36 heavy (non-hydrogen) atoms. The molecule has 2 amide bonds. The van der Waals surface area contributed by atoms with Crippen LogP contribution in [0.2, 0.25) is 5.02 Å². The molecule has 0 radical (unpaired) electrons. The van der Waals surface area contributed by atoms with Crippen LogP contribution in [0.4, 0.5) is 10.5 Å². The maximum absolute atomic E-state index is 13.8. The molecule has 186 valence electrons. The third kappa shape index (κ3) is 5.60. The van der Waals surface area contributed by atoms with Crippen LogP contribution in [0.25, 0.3) is 16.6 Å². The van der Waals surface area contributed by atoms with Crippen molar-refractivity contribution in [3.8, 4) is 5.69 Å². The van der Waals surface area contributed by atoms with E-state index in [2.05, 4.69) is 19.2 Å². The summed E-state index contributed by atoms with van der Waals surface area (Å²) in [5, 5.41) is 4.05. The molecule has 7 heteroatoms. The molecule has 6 nitrogen and oxygen atoms in total. The number of nitrogens with one attached hydrogen (secondary N) is 1. The summed E-state index contributed by atoms with van der Waals surface area (Å²) in [5.74, 6) is 0.907. The van der Waals surface area contributed by atoms with E-state index in [0.717, 1.165) is 6.42 Å². The average molecular weight is 503 g/mol. The van der Waals surface area contributed by atoms with E-state index in [1.165, 1.54) is 0 Å². The minimum atomic E-state index is -0.441. The lowest BCUT2D eigenvalue weighted by molar-refractivity contribution is 0.176. The highest BCUT2D eigenvalue weighted by Gasteiger charge is 2.29. The van der Waals surface area contributed by atoms with E-state index in [4.69, 9.17) is 16.6 Å². The van der Waals surface area contributed by atoms with Crippen LogP contribution < -0.4 is 10.9 Å². The number of hydrogen-bond acceptors (Lipinski definition) is 3. The van der Waals surface area contributed by atoms with Gasteiger partial charge in [0.25, 0.3) is 5.56 Å². The van der Waals surface area contributed by atoms with Gasteiger partial charge in [0.05, 0.1) is 22.6 Å². The molecule has 0 saturated heterocycles. The van der Waals surface area contributed by atoms with Gasteiger partial charge < -0.3 is 10.2 Å². The smallest absolute Gasteiger partial charge is 0.314 e. The number of aromatic nitrogens is 2. The number of benzene rings is 3. The Morgan fingerprint density at radius 1 is 1.03 bits per heavy atom. The third-order valence-corrected chi connectivity index (χ3v) is 6.40. The Labute approximate surface area is 216 Å². The first-order valence-corrected chi connectivity index (χ1v) is 12.7. The Kier molecular flexibility index (Phi) is 8.06. The largest absolute Gasteiger partial charge is 0.322 e. The van der Waals surface area contributed by atoms with Crippen LogP contribution in [0, 0.1) is 5.92 Å². The second-order valence-electron chi connectivity index (χ2n) is 9.20. The standard InChI is InChI=1S/C29H31ClN4O2/c1-4-26(33(18-17-20(2)3)29(36)31-22-12-6-5-7-13-22)27-32-25-16-9-8-15-24(25)28(35)34(27)23-14-10-11-21(30)19-23/h5-16,19-20,26H,4,17-18H2,1-3H3,(H,31,36). The van der Waals surface area contributed by atoms with Gasteiger partial charge in [-0.15, -0.1) is 0 Å². The molecule has 0 aliphatic heterocycles. The quantitative estimate of drug-likeness (QED) is 0.280. The van der Waals surface area contributed by atoms with Gasteiger partial charge in [-0.25, -0.2) is 9.78 Å². The Morgan fingerprint density at radius 3 is 2.44 bits per heavy atom. The predicted octanol–water partition coefficient (Wildman–Crippen LogP) is 7.07. The van der Waals surface area contributed by atoms with Crippen molar-refractivity contribution in [2.75, 3.05) is 11.9 Å². The highest BCUT2D eigenvalue weighted by Crippen LogP contribution is 2.28. The van der Waals surface area contributed by atoms with Crippen LogP contribution in [0.1, 0.15) is 45.5 Å². The molecule has 1 heterocycles. The van der Waals surface area contributed by atoms with Gasteiger partial charge >= 0.3 is 6.03 Å². The van der Waals surface area contributed by atoms with E-state index in [0.29, 0.717) is 52.0 Å². The highest BCUT2D eigenvalue weighted by molar-refractivity contribution is 6.30. The van der Waals surface area contributed by atoms with Crippen molar-refractivity contribution in [1.29, 1.82) is 0 Å². The fourth-order valence-corrected chi connectivity index (χ4v) is 4.48. The molecule has 0 saturated carbocycles. The molecule has 4 aromatic rings. The number of nitrogens with zero attached hydrogens (tertiary/aromatic N) is 3. The van der Waals surface area contributed by atoms with E-state index in [1.54, 1.807) is 27.7 Å². The van der Waals surface area contributed by atoms with Crippen molar-refractivity contribution in [2.45, 2.75) is 39.7 Å². The van der Waals surface area contributed by atoms with Gasteiger partial charge in [0.15, 0.2) is 0 Å². The number of carbonyl (C=O) groups is 1. The maximum atomic E-state index is 13.8. The molecule has 0 aliphatic carbocycles. The van der Waals surface area contributed by atoms with E-state index < -0.39 is 6.04 Å². The monoisotopic (exact) mass is 502 g/mol. The SMILES string of the molecule is CCC(c1nc2ccccc2c(=O)n1-c1cccc(Cl)c1)N(CCC(C)C)C(=O)Nc1ccccc1. The van der Waals surface area contributed by atoms with Gasteiger partial charge in [-0.1, -0.05) is 68.8 Å². The number of amides is 2. The van der Waals surface area contributed by atoms with E-state index in [-0.39, 0.29) is 11.6 Å². The zero-order chi connectivity index (χ0) is 25.7. The Balaban J connectivity index is 1.88. The maximum Gasteiger partial charge on any atom is 0.322 e. The minimum Gasteiger partial charge on any atom is -0.314 e. The Morgan fingerprint density at radius 2 is 1.75 bits per heavy atom.